The molecule has 2 fully saturated rings. The van der Waals surface area contributed by atoms with E-state index in [1.807, 2.05) is 11.8 Å². The highest BCUT2D eigenvalue weighted by Crippen LogP contribution is 2.33. The summed E-state index contributed by atoms with van der Waals surface area (Å²) < 4.78 is 27.2. The third-order valence-corrected chi connectivity index (χ3v) is 9.09. The number of ketones is 2. The lowest BCUT2D eigenvalue weighted by Gasteiger charge is -2.16. The molecule has 2 aliphatic rings. The summed E-state index contributed by atoms with van der Waals surface area (Å²) in [5, 5.41) is 6.44. The van der Waals surface area contributed by atoms with Crippen LogP contribution in [0.1, 0.15) is 86.6 Å². The minimum absolute atomic E-state index is 0.00838. The summed E-state index contributed by atoms with van der Waals surface area (Å²) in [6.45, 7) is 3.25. The van der Waals surface area contributed by atoms with Gasteiger partial charge in [0.05, 0.1) is 38.5 Å². The van der Waals surface area contributed by atoms with Gasteiger partial charge in [-0.1, -0.05) is 6.42 Å². The average molecular weight is 624 g/mol. The van der Waals surface area contributed by atoms with Crippen molar-refractivity contribution in [3.8, 4) is 0 Å². The lowest BCUT2D eigenvalue weighted by molar-refractivity contribution is -0.119. The summed E-state index contributed by atoms with van der Waals surface area (Å²) in [7, 11) is 3.10. The average Bonchev–Trinajstić information content (AvgIpc) is 3.57. The molecule has 0 bridgehead atoms. The number of carbonyl (C=O) groups excluding carboxylic acids is 3. The first-order valence-corrected chi connectivity index (χ1v) is 16.5. The second-order valence-electron chi connectivity index (χ2n) is 10.9. The van der Waals surface area contributed by atoms with Crippen molar-refractivity contribution in [2.24, 2.45) is 0 Å². The van der Waals surface area contributed by atoms with E-state index in [9.17, 15) is 14.4 Å². The van der Waals surface area contributed by atoms with Crippen LogP contribution in [0.5, 0.6) is 0 Å². The summed E-state index contributed by atoms with van der Waals surface area (Å²) >= 11 is 1.92. The van der Waals surface area contributed by atoms with Crippen LogP contribution in [0.3, 0.4) is 0 Å². The Kier molecular flexibility index (Phi) is 17.1. The Bertz CT molecular complexity index is 980. The Balaban J connectivity index is 1.04. The van der Waals surface area contributed by atoms with Gasteiger partial charge in [0, 0.05) is 69.5 Å². The van der Waals surface area contributed by atoms with E-state index in [1.165, 1.54) is 0 Å². The van der Waals surface area contributed by atoms with Gasteiger partial charge < -0.3 is 34.3 Å². The van der Waals surface area contributed by atoms with Gasteiger partial charge in [-0.25, -0.2) is 4.79 Å². The maximum atomic E-state index is 12.4. The standard InChI is InChI=1S/C31H49N3O8S/c1-38-30(39-2)23-13-14-32-25(21-23)27(36)11-6-8-16-41-18-20-42-19-17-40-15-7-5-10-24(35)9-3-4-12-28-29-26(22-43-28)33-31(37)34-29/h13-14,21,26,28-30H,3-12,15-20,22H2,1-2H3,(H2,33,34,37). The van der Waals surface area contributed by atoms with Crippen molar-refractivity contribution in [2.75, 3.05) is 59.6 Å². The van der Waals surface area contributed by atoms with Gasteiger partial charge in [-0.15, -0.1) is 0 Å². The number of fused-ring (bicyclic) bond motifs is 1. The van der Waals surface area contributed by atoms with Crippen molar-refractivity contribution >= 4 is 29.4 Å². The highest BCUT2D eigenvalue weighted by atomic mass is 32.2. The predicted octanol–water partition coefficient (Wildman–Crippen LogP) is 4.24. The Hall–Kier alpha value is -2.09. The SMILES string of the molecule is COC(OC)c1ccnc(C(=O)CCCCOCCOCCOCCCCC(=O)CCCCC2SCC3NC(=O)NC32)c1. The molecule has 1 aromatic heterocycles. The predicted molar refractivity (Wildman–Crippen MR) is 164 cm³/mol. The molecule has 0 radical (unpaired) electrons. The van der Waals surface area contributed by atoms with E-state index in [2.05, 4.69) is 15.6 Å². The van der Waals surface area contributed by atoms with Crippen molar-refractivity contribution in [1.29, 1.82) is 0 Å². The number of rotatable bonds is 25. The fraction of sp³-hybridized carbons (Fsp3) is 0.742. The maximum Gasteiger partial charge on any atom is 0.315 e. The van der Waals surface area contributed by atoms with Crippen molar-refractivity contribution < 1.29 is 38.1 Å². The lowest BCUT2D eigenvalue weighted by Crippen LogP contribution is -2.36. The van der Waals surface area contributed by atoms with Crippen LogP contribution in [0.2, 0.25) is 0 Å². The molecule has 3 heterocycles. The molecular formula is C31H49N3O8S. The Morgan fingerprint density at radius 1 is 0.884 bits per heavy atom. The summed E-state index contributed by atoms with van der Waals surface area (Å²) in [6, 6.07) is 3.94. The summed E-state index contributed by atoms with van der Waals surface area (Å²) in [4.78, 5) is 40.2. The van der Waals surface area contributed by atoms with Crippen LogP contribution in [0, 0.1) is 0 Å². The highest BCUT2D eigenvalue weighted by Gasteiger charge is 2.42. The largest absolute Gasteiger partial charge is 0.379 e. The number of ether oxygens (including phenoxy) is 5. The zero-order chi connectivity index (χ0) is 30.7. The van der Waals surface area contributed by atoms with Gasteiger partial charge in [-0.3, -0.25) is 14.6 Å². The van der Waals surface area contributed by atoms with Crippen molar-refractivity contribution in [1.82, 2.24) is 15.6 Å². The number of carbonyl (C=O) groups is 3. The highest BCUT2D eigenvalue weighted by molar-refractivity contribution is 8.00. The number of hydrogen-bond acceptors (Lipinski definition) is 10. The van der Waals surface area contributed by atoms with E-state index in [1.54, 1.807) is 32.5 Å². The van der Waals surface area contributed by atoms with Crippen LogP contribution in [0.25, 0.3) is 0 Å². The van der Waals surface area contributed by atoms with Gasteiger partial charge in [-0.2, -0.15) is 11.8 Å². The van der Waals surface area contributed by atoms with Gasteiger partial charge in [0.15, 0.2) is 12.1 Å². The normalized spacial score (nSPS) is 19.4. The third-order valence-electron chi connectivity index (χ3n) is 7.58. The quantitative estimate of drug-likeness (QED) is 0.0705. The van der Waals surface area contributed by atoms with Gasteiger partial charge in [0.25, 0.3) is 0 Å². The molecule has 43 heavy (non-hydrogen) atoms. The second kappa shape index (κ2) is 20.8. The zero-order valence-electron chi connectivity index (χ0n) is 25.7. The summed E-state index contributed by atoms with van der Waals surface area (Å²) in [5.41, 5.74) is 1.18. The number of methoxy groups -OCH3 is 2. The van der Waals surface area contributed by atoms with Crippen LogP contribution >= 0.6 is 11.8 Å². The van der Waals surface area contributed by atoms with Crippen LogP contribution in [0.4, 0.5) is 4.79 Å². The van der Waals surface area contributed by atoms with Crippen molar-refractivity contribution in [2.45, 2.75) is 87.8 Å². The smallest absolute Gasteiger partial charge is 0.315 e. The van der Waals surface area contributed by atoms with Crippen LogP contribution in [0.15, 0.2) is 18.3 Å². The minimum atomic E-state index is -0.515. The van der Waals surface area contributed by atoms with Crippen LogP contribution in [-0.2, 0) is 28.5 Å². The van der Waals surface area contributed by atoms with E-state index >= 15 is 0 Å². The first-order valence-electron chi connectivity index (χ1n) is 15.5. The van der Waals surface area contributed by atoms with E-state index in [4.69, 9.17) is 23.7 Å². The first kappa shape index (κ1) is 35.4. The van der Waals surface area contributed by atoms with Gasteiger partial charge in [0.1, 0.15) is 11.5 Å². The second-order valence-corrected chi connectivity index (χ2v) is 12.1. The van der Waals surface area contributed by atoms with E-state index < -0.39 is 6.29 Å². The number of unbranched alkanes of at least 4 members (excludes halogenated alkanes) is 3. The van der Waals surface area contributed by atoms with Crippen molar-refractivity contribution in [3.63, 3.8) is 0 Å². The van der Waals surface area contributed by atoms with E-state index in [-0.39, 0.29) is 23.9 Å². The molecule has 2 amide bonds. The fourth-order valence-corrected chi connectivity index (χ4v) is 6.78. The molecule has 3 unspecified atom stereocenters. The topological polar surface area (TPSA) is 134 Å². The number of nitrogens with zero attached hydrogens (tertiary/aromatic N) is 1. The molecule has 12 heteroatoms. The molecule has 1 aromatic rings. The van der Waals surface area contributed by atoms with Gasteiger partial charge >= 0.3 is 6.03 Å². The molecule has 0 aromatic carbocycles. The number of pyridine rings is 1. The number of thioether (sulfide) groups is 1. The van der Waals surface area contributed by atoms with Gasteiger partial charge in [-0.05, 0) is 50.7 Å². The molecule has 2 N–H and O–H groups in total. The monoisotopic (exact) mass is 623 g/mol. The molecule has 3 rings (SSSR count). The number of amides is 2. The zero-order valence-corrected chi connectivity index (χ0v) is 26.5. The number of nitrogens with one attached hydrogen (secondary N) is 2. The molecule has 0 spiro atoms. The number of hydrogen-bond donors (Lipinski definition) is 2. The number of Topliss-reactive ketones (excluding diaryl/α,β-unsaturated/α-hetero) is 2. The molecular weight excluding hydrogens is 574 g/mol. The van der Waals surface area contributed by atoms with Crippen molar-refractivity contribution in [3.05, 3.63) is 29.6 Å². The fourth-order valence-electron chi connectivity index (χ4n) is 5.24. The number of aromatic nitrogens is 1. The molecule has 0 saturated carbocycles. The molecule has 0 aliphatic carbocycles. The third kappa shape index (κ3) is 13.2. The van der Waals surface area contributed by atoms with E-state index in [0.717, 1.165) is 56.3 Å². The Morgan fingerprint density at radius 2 is 1.51 bits per heavy atom. The first-order chi connectivity index (χ1) is 21.0. The summed E-state index contributed by atoms with van der Waals surface area (Å²) in [5.74, 6) is 1.29. The minimum Gasteiger partial charge on any atom is -0.379 e. The molecule has 2 aliphatic heterocycles. The Labute approximate surface area is 259 Å². The molecule has 2 saturated heterocycles. The molecule has 3 atom stereocenters. The van der Waals surface area contributed by atoms with Gasteiger partial charge in [0.2, 0.25) is 0 Å². The van der Waals surface area contributed by atoms with Crippen LogP contribution in [-0.4, -0.2) is 99.5 Å². The van der Waals surface area contributed by atoms with Crippen LogP contribution < -0.4 is 10.6 Å². The molecule has 11 nitrogen and oxygen atoms in total. The summed E-state index contributed by atoms with van der Waals surface area (Å²) in [6.07, 6.45) is 8.97. The Morgan fingerprint density at radius 3 is 2.19 bits per heavy atom. The van der Waals surface area contributed by atoms with E-state index in [0.29, 0.717) is 75.6 Å². The number of urea groups is 1. The molecule has 242 valence electrons. The lowest BCUT2D eigenvalue weighted by atomic mass is 10.0. The maximum absolute atomic E-state index is 12.4.